The van der Waals surface area contributed by atoms with Gasteiger partial charge >= 0.3 is 0 Å². The highest BCUT2D eigenvalue weighted by Gasteiger charge is 2.23. The van der Waals surface area contributed by atoms with Crippen LogP contribution in [0.1, 0.15) is 10.4 Å². The van der Waals surface area contributed by atoms with Crippen LogP contribution in [0.2, 0.25) is 5.02 Å². The number of nitrogens with zero attached hydrogens (tertiary/aromatic N) is 1. The van der Waals surface area contributed by atoms with Crippen molar-refractivity contribution in [3.8, 4) is 6.07 Å². The van der Waals surface area contributed by atoms with Crippen LogP contribution in [-0.2, 0) is 0 Å². The Morgan fingerprint density at radius 1 is 1.50 bits per heavy atom. The molecule has 0 saturated carbocycles. The summed E-state index contributed by atoms with van der Waals surface area (Å²) in [4.78, 5) is 11.9. The lowest BCUT2D eigenvalue weighted by Crippen LogP contribution is -2.18. The standard InChI is InChI=1S/C11H8ClNOS2/c1-16-11(15)9(6-13)10(14)7-2-4-8(12)5-3-7/h2-5,9H,1H3. The highest BCUT2D eigenvalue weighted by molar-refractivity contribution is 8.22. The zero-order chi connectivity index (χ0) is 12.1. The van der Waals surface area contributed by atoms with Crippen LogP contribution >= 0.6 is 35.6 Å². The summed E-state index contributed by atoms with van der Waals surface area (Å²) >= 11 is 11.9. The van der Waals surface area contributed by atoms with Gasteiger partial charge in [-0.3, -0.25) is 4.79 Å². The lowest BCUT2D eigenvalue weighted by atomic mass is 10.0. The molecule has 2 nitrogen and oxygen atoms in total. The molecule has 0 aliphatic rings. The van der Waals surface area contributed by atoms with E-state index in [0.29, 0.717) is 14.8 Å². The minimum atomic E-state index is -0.869. The number of ketones is 1. The van der Waals surface area contributed by atoms with Crippen molar-refractivity contribution in [1.82, 2.24) is 0 Å². The lowest BCUT2D eigenvalue weighted by molar-refractivity contribution is 0.0977. The average molecular weight is 270 g/mol. The lowest BCUT2D eigenvalue weighted by Gasteiger charge is -2.07. The van der Waals surface area contributed by atoms with E-state index in [2.05, 4.69) is 0 Å². The largest absolute Gasteiger partial charge is 0.292 e. The molecule has 5 heteroatoms. The summed E-state index contributed by atoms with van der Waals surface area (Å²) in [6, 6.07) is 8.34. The summed E-state index contributed by atoms with van der Waals surface area (Å²) in [5.41, 5.74) is 0.451. The maximum absolute atomic E-state index is 11.9. The van der Waals surface area contributed by atoms with Crippen molar-refractivity contribution in [2.75, 3.05) is 6.26 Å². The molecule has 0 amide bonds. The Kier molecular flexibility index (Phi) is 4.94. The van der Waals surface area contributed by atoms with E-state index in [4.69, 9.17) is 29.1 Å². The summed E-state index contributed by atoms with van der Waals surface area (Å²) in [6.45, 7) is 0. The van der Waals surface area contributed by atoms with Gasteiger partial charge in [0.2, 0.25) is 0 Å². The zero-order valence-electron chi connectivity index (χ0n) is 8.44. The SMILES string of the molecule is CSC(=S)C(C#N)C(=O)c1ccc(Cl)cc1. The molecule has 0 aliphatic heterocycles. The molecule has 0 aliphatic carbocycles. The fourth-order valence-electron chi connectivity index (χ4n) is 1.12. The quantitative estimate of drug-likeness (QED) is 0.623. The Balaban J connectivity index is 2.97. The van der Waals surface area contributed by atoms with E-state index < -0.39 is 5.92 Å². The molecule has 0 spiro atoms. The monoisotopic (exact) mass is 269 g/mol. The Morgan fingerprint density at radius 2 is 2.06 bits per heavy atom. The predicted octanol–water partition coefficient (Wildman–Crippen LogP) is 3.35. The number of rotatable bonds is 3. The molecule has 1 unspecified atom stereocenters. The van der Waals surface area contributed by atoms with E-state index in [1.54, 1.807) is 30.5 Å². The number of carbonyl (C=O) groups is 1. The number of nitriles is 1. The second-order valence-corrected chi connectivity index (χ2v) is 4.94. The van der Waals surface area contributed by atoms with Gasteiger partial charge in [-0.15, -0.1) is 11.8 Å². The van der Waals surface area contributed by atoms with Crippen LogP contribution in [0.3, 0.4) is 0 Å². The number of Topliss-reactive ketones (excluding diaryl/α,β-unsaturated/α-hetero) is 1. The molecular weight excluding hydrogens is 262 g/mol. The van der Waals surface area contributed by atoms with Gasteiger partial charge in [-0.1, -0.05) is 23.8 Å². The van der Waals surface area contributed by atoms with Gasteiger partial charge in [0, 0.05) is 10.6 Å². The molecule has 0 saturated heterocycles. The molecule has 0 aromatic heterocycles. The summed E-state index contributed by atoms with van der Waals surface area (Å²) in [7, 11) is 0. The van der Waals surface area contributed by atoms with Crippen LogP contribution in [0.25, 0.3) is 0 Å². The number of hydrogen-bond acceptors (Lipinski definition) is 4. The molecule has 0 radical (unpaired) electrons. The smallest absolute Gasteiger partial charge is 0.185 e. The number of benzene rings is 1. The van der Waals surface area contributed by atoms with Gasteiger partial charge in [0.1, 0.15) is 0 Å². The van der Waals surface area contributed by atoms with Crippen LogP contribution in [0, 0.1) is 17.2 Å². The Labute approximate surface area is 109 Å². The van der Waals surface area contributed by atoms with Gasteiger partial charge < -0.3 is 0 Å². The molecule has 1 atom stereocenters. The van der Waals surface area contributed by atoms with Crippen LogP contribution in [0.5, 0.6) is 0 Å². The fourth-order valence-corrected chi connectivity index (χ4v) is 1.80. The third-order valence-electron chi connectivity index (χ3n) is 1.96. The molecule has 0 fully saturated rings. The number of carbonyl (C=O) groups excluding carboxylic acids is 1. The van der Waals surface area contributed by atoms with Gasteiger partial charge in [0.25, 0.3) is 0 Å². The van der Waals surface area contributed by atoms with E-state index in [9.17, 15) is 4.79 Å². The number of hydrogen-bond donors (Lipinski definition) is 0. The summed E-state index contributed by atoms with van der Waals surface area (Å²) < 4.78 is 0.391. The Hall–Kier alpha value is -0.890. The van der Waals surface area contributed by atoms with E-state index in [1.165, 1.54) is 11.8 Å². The van der Waals surface area contributed by atoms with E-state index in [1.807, 2.05) is 6.07 Å². The average Bonchev–Trinajstić information content (AvgIpc) is 2.30. The van der Waals surface area contributed by atoms with Crippen molar-refractivity contribution in [2.45, 2.75) is 0 Å². The first-order valence-electron chi connectivity index (χ1n) is 4.37. The molecule has 1 aromatic carbocycles. The second-order valence-electron chi connectivity index (χ2n) is 2.96. The number of thioether (sulfide) groups is 1. The maximum atomic E-state index is 11.9. The molecule has 0 bridgehead atoms. The van der Waals surface area contributed by atoms with E-state index in [0.717, 1.165) is 0 Å². The topological polar surface area (TPSA) is 40.9 Å². The van der Waals surface area contributed by atoms with E-state index >= 15 is 0 Å². The highest BCUT2D eigenvalue weighted by Crippen LogP contribution is 2.18. The highest BCUT2D eigenvalue weighted by atomic mass is 35.5. The first-order chi connectivity index (χ1) is 7.60. The zero-order valence-corrected chi connectivity index (χ0v) is 10.8. The molecular formula is C11H8ClNOS2. The summed E-state index contributed by atoms with van der Waals surface area (Å²) in [5.74, 6) is -1.15. The van der Waals surface area contributed by atoms with Gasteiger partial charge in [-0.25, -0.2) is 0 Å². The summed E-state index contributed by atoms with van der Waals surface area (Å²) in [5, 5.41) is 9.47. The van der Waals surface area contributed by atoms with Crippen molar-refractivity contribution in [3.63, 3.8) is 0 Å². The van der Waals surface area contributed by atoms with Gasteiger partial charge in [-0.05, 0) is 30.5 Å². The van der Waals surface area contributed by atoms with Crippen LogP contribution < -0.4 is 0 Å². The first-order valence-corrected chi connectivity index (χ1v) is 6.38. The number of thiocarbonyl (C=S) groups is 1. The molecule has 0 heterocycles. The van der Waals surface area contributed by atoms with E-state index in [-0.39, 0.29) is 5.78 Å². The van der Waals surface area contributed by atoms with Crippen LogP contribution in [0.15, 0.2) is 24.3 Å². The van der Waals surface area contributed by atoms with Crippen LogP contribution in [-0.4, -0.2) is 16.2 Å². The molecule has 0 N–H and O–H groups in total. The van der Waals surface area contributed by atoms with Crippen molar-refractivity contribution in [2.24, 2.45) is 5.92 Å². The predicted molar refractivity (Wildman–Crippen MR) is 71.0 cm³/mol. The molecule has 82 valence electrons. The fraction of sp³-hybridized carbons (Fsp3) is 0.182. The first kappa shape index (κ1) is 13.2. The molecule has 16 heavy (non-hydrogen) atoms. The normalized spacial score (nSPS) is 11.6. The Morgan fingerprint density at radius 3 is 2.50 bits per heavy atom. The van der Waals surface area contributed by atoms with Crippen molar-refractivity contribution >= 4 is 45.6 Å². The molecule has 1 aromatic rings. The van der Waals surface area contributed by atoms with Crippen molar-refractivity contribution in [3.05, 3.63) is 34.9 Å². The van der Waals surface area contributed by atoms with Crippen molar-refractivity contribution in [1.29, 1.82) is 5.26 Å². The van der Waals surface area contributed by atoms with Crippen molar-refractivity contribution < 1.29 is 4.79 Å². The Bertz CT molecular complexity index is 450. The third kappa shape index (κ3) is 3.05. The minimum absolute atomic E-state index is 0.279. The van der Waals surface area contributed by atoms with Gasteiger partial charge in [0.05, 0.1) is 10.3 Å². The minimum Gasteiger partial charge on any atom is -0.292 e. The number of halogens is 1. The maximum Gasteiger partial charge on any atom is 0.185 e. The van der Waals surface area contributed by atoms with Crippen LogP contribution in [0.4, 0.5) is 0 Å². The molecule has 1 rings (SSSR count). The second kappa shape index (κ2) is 6.00. The third-order valence-corrected chi connectivity index (χ3v) is 3.58. The van der Waals surface area contributed by atoms with Gasteiger partial charge in [-0.2, -0.15) is 5.26 Å². The summed E-state index contributed by atoms with van der Waals surface area (Å²) in [6.07, 6.45) is 1.75. The van der Waals surface area contributed by atoms with Gasteiger partial charge in [0.15, 0.2) is 11.7 Å².